The molecule has 1 atom stereocenters. The zero-order valence-electron chi connectivity index (χ0n) is 18.4. The van der Waals surface area contributed by atoms with Crippen molar-refractivity contribution >= 4 is 38.3 Å². The molecule has 5 rings (SSSR count). The Morgan fingerprint density at radius 1 is 0.943 bits per heavy atom. The SMILES string of the molecule is O=C(Nc1nnc(-c2ccccc2)s1)c1cccc(S(=O)(=O)N2CC(c3ccccc3)CC2=O)c1. The maximum absolute atomic E-state index is 13.3. The first kappa shape index (κ1) is 22.9. The van der Waals surface area contributed by atoms with Crippen molar-refractivity contribution in [1.82, 2.24) is 14.5 Å². The second-order valence-corrected chi connectivity index (χ2v) is 10.8. The maximum atomic E-state index is 13.3. The molecular weight excluding hydrogens is 484 g/mol. The van der Waals surface area contributed by atoms with Crippen LogP contribution in [-0.2, 0) is 14.8 Å². The molecule has 1 aliphatic heterocycles. The van der Waals surface area contributed by atoms with Gasteiger partial charge in [-0.25, -0.2) is 12.7 Å². The second kappa shape index (κ2) is 9.40. The summed E-state index contributed by atoms with van der Waals surface area (Å²) in [5.41, 5.74) is 1.93. The van der Waals surface area contributed by atoms with E-state index in [4.69, 9.17) is 0 Å². The normalized spacial score (nSPS) is 15.8. The van der Waals surface area contributed by atoms with Crippen LogP contribution >= 0.6 is 11.3 Å². The quantitative estimate of drug-likeness (QED) is 0.422. The Bertz CT molecular complexity index is 1490. The number of hydrogen-bond donors (Lipinski definition) is 1. The Kier molecular flexibility index (Phi) is 6.14. The molecule has 0 radical (unpaired) electrons. The van der Waals surface area contributed by atoms with E-state index in [1.165, 1.54) is 35.6 Å². The number of benzene rings is 3. The molecule has 10 heteroatoms. The van der Waals surface area contributed by atoms with Gasteiger partial charge < -0.3 is 0 Å². The largest absolute Gasteiger partial charge is 0.296 e. The number of nitrogens with zero attached hydrogens (tertiary/aromatic N) is 3. The molecule has 1 N–H and O–H groups in total. The number of sulfonamides is 1. The Morgan fingerprint density at radius 2 is 1.66 bits per heavy atom. The number of rotatable bonds is 6. The van der Waals surface area contributed by atoms with Crippen LogP contribution in [0.4, 0.5) is 5.13 Å². The summed E-state index contributed by atoms with van der Waals surface area (Å²) in [4.78, 5) is 25.3. The molecule has 4 aromatic rings. The van der Waals surface area contributed by atoms with Crippen LogP contribution in [0.5, 0.6) is 0 Å². The van der Waals surface area contributed by atoms with Gasteiger partial charge in [0.05, 0.1) is 4.90 Å². The fraction of sp³-hybridized carbons (Fsp3) is 0.120. The molecule has 1 aromatic heterocycles. The first-order valence-electron chi connectivity index (χ1n) is 10.8. The van der Waals surface area contributed by atoms with Crippen molar-refractivity contribution in [2.75, 3.05) is 11.9 Å². The van der Waals surface area contributed by atoms with Gasteiger partial charge in [0.15, 0.2) is 0 Å². The summed E-state index contributed by atoms with van der Waals surface area (Å²) >= 11 is 1.21. The zero-order chi connectivity index (χ0) is 24.4. The lowest BCUT2D eigenvalue weighted by atomic mass is 9.99. The van der Waals surface area contributed by atoms with Crippen LogP contribution in [-0.4, -0.2) is 41.3 Å². The molecule has 1 unspecified atom stereocenters. The van der Waals surface area contributed by atoms with Gasteiger partial charge in [0.1, 0.15) is 5.01 Å². The third-order valence-corrected chi connectivity index (χ3v) is 8.38. The van der Waals surface area contributed by atoms with E-state index in [1.807, 2.05) is 60.7 Å². The molecule has 2 amide bonds. The standard InChI is InChI=1S/C25H20N4O4S2/c30-22-15-20(17-8-3-1-4-9-17)16-29(22)35(32,33)21-13-7-12-19(14-21)23(31)26-25-28-27-24(34-25)18-10-5-2-6-11-18/h1-14,20H,15-16H2,(H,26,28,31). The monoisotopic (exact) mass is 504 g/mol. The van der Waals surface area contributed by atoms with Gasteiger partial charge in [0.2, 0.25) is 11.0 Å². The third kappa shape index (κ3) is 4.71. The number of amides is 2. The molecule has 35 heavy (non-hydrogen) atoms. The minimum atomic E-state index is -4.11. The van der Waals surface area contributed by atoms with Crippen LogP contribution in [0.2, 0.25) is 0 Å². The van der Waals surface area contributed by atoms with E-state index < -0.39 is 21.8 Å². The van der Waals surface area contributed by atoms with Crippen LogP contribution in [0.15, 0.2) is 89.8 Å². The molecule has 2 heterocycles. The van der Waals surface area contributed by atoms with Gasteiger partial charge in [0.25, 0.3) is 15.9 Å². The third-order valence-electron chi connectivity index (χ3n) is 5.71. The molecule has 3 aromatic carbocycles. The average molecular weight is 505 g/mol. The summed E-state index contributed by atoms with van der Waals surface area (Å²) in [7, 11) is -4.11. The number of carbonyl (C=O) groups excluding carboxylic acids is 2. The van der Waals surface area contributed by atoms with E-state index in [0.29, 0.717) is 10.1 Å². The van der Waals surface area contributed by atoms with Crippen molar-refractivity contribution in [2.24, 2.45) is 0 Å². The molecule has 0 spiro atoms. The van der Waals surface area contributed by atoms with Crippen molar-refractivity contribution in [3.63, 3.8) is 0 Å². The summed E-state index contributed by atoms with van der Waals surface area (Å²) < 4.78 is 27.4. The molecule has 1 aliphatic rings. The number of aromatic nitrogens is 2. The lowest BCUT2D eigenvalue weighted by molar-refractivity contribution is -0.123. The minimum Gasteiger partial charge on any atom is -0.296 e. The summed E-state index contributed by atoms with van der Waals surface area (Å²) in [5.74, 6) is -1.19. The maximum Gasteiger partial charge on any atom is 0.266 e. The molecule has 0 aliphatic carbocycles. The Labute approximate surface area is 206 Å². The van der Waals surface area contributed by atoms with Crippen LogP contribution in [0.1, 0.15) is 28.3 Å². The van der Waals surface area contributed by atoms with Gasteiger partial charge in [-0.2, -0.15) is 0 Å². The highest BCUT2D eigenvalue weighted by molar-refractivity contribution is 7.89. The van der Waals surface area contributed by atoms with Gasteiger partial charge in [0, 0.05) is 30.0 Å². The van der Waals surface area contributed by atoms with Crippen molar-refractivity contribution in [3.8, 4) is 10.6 Å². The van der Waals surface area contributed by atoms with E-state index in [0.717, 1.165) is 15.4 Å². The number of hydrogen-bond acceptors (Lipinski definition) is 7. The molecule has 1 fully saturated rings. The molecule has 176 valence electrons. The van der Waals surface area contributed by atoms with E-state index in [9.17, 15) is 18.0 Å². The van der Waals surface area contributed by atoms with Gasteiger partial charge >= 0.3 is 0 Å². The van der Waals surface area contributed by atoms with Crippen LogP contribution in [0.25, 0.3) is 10.6 Å². The molecular formula is C25H20N4O4S2. The summed E-state index contributed by atoms with van der Waals surface area (Å²) in [6, 6.07) is 24.4. The smallest absolute Gasteiger partial charge is 0.266 e. The lowest BCUT2D eigenvalue weighted by Gasteiger charge is -2.17. The highest BCUT2D eigenvalue weighted by Crippen LogP contribution is 2.32. The van der Waals surface area contributed by atoms with Gasteiger partial charge in [-0.15, -0.1) is 10.2 Å². The Balaban J connectivity index is 1.33. The number of nitrogens with one attached hydrogen (secondary N) is 1. The summed E-state index contributed by atoms with van der Waals surface area (Å²) in [6.07, 6.45) is 0.115. The van der Waals surface area contributed by atoms with E-state index >= 15 is 0 Å². The van der Waals surface area contributed by atoms with Crippen LogP contribution in [0, 0.1) is 0 Å². The number of carbonyl (C=O) groups is 2. The van der Waals surface area contributed by atoms with Gasteiger partial charge in [-0.3, -0.25) is 14.9 Å². The van der Waals surface area contributed by atoms with Crippen LogP contribution in [0.3, 0.4) is 0 Å². The highest BCUT2D eigenvalue weighted by Gasteiger charge is 2.39. The van der Waals surface area contributed by atoms with Crippen molar-refractivity contribution in [3.05, 3.63) is 96.1 Å². The Hall–Kier alpha value is -3.89. The van der Waals surface area contributed by atoms with E-state index in [-0.39, 0.29) is 29.3 Å². The molecule has 0 saturated carbocycles. The predicted octanol–water partition coefficient (Wildman–Crippen LogP) is 4.16. The van der Waals surface area contributed by atoms with Gasteiger partial charge in [-0.05, 0) is 23.8 Å². The van der Waals surface area contributed by atoms with E-state index in [1.54, 1.807) is 0 Å². The first-order chi connectivity index (χ1) is 16.9. The minimum absolute atomic E-state index is 0.0641. The van der Waals surface area contributed by atoms with E-state index in [2.05, 4.69) is 15.5 Å². The Morgan fingerprint density at radius 3 is 2.40 bits per heavy atom. The summed E-state index contributed by atoms with van der Waals surface area (Å²) in [6.45, 7) is 0.0641. The first-order valence-corrected chi connectivity index (χ1v) is 13.1. The lowest BCUT2D eigenvalue weighted by Crippen LogP contribution is -2.32. The fourth-order valence-electron chi connectivity index (χ4n) is 3.93. The number of anilines is 1. The van der Waals surface area contributed by atoms with Crippen molar-refractivity contribution in [1.29, 1.82) is 0 Å². The second-order valence-electron chi connectivity index (χ2n) is 8.00. The molecule has 8 nitrogen and oxygen atoms in total. The fourth-order valence-corrected chi connectivity index (χ4v) is 6.17. The molecule has 0 bridgehead atoms. The zero-order valence-corrected chi connectivity index (χ0v) is 20.0. The average Bonchev–Trinajstić information content (AvgIpc) is 3.52. The topological polar surface area (TPSA) is 109 Å². The van der Waals surface area contributed by atoms with Gasteiger partial charge in [-0.1, -0.05) is 78.1 Å². The predicted molar refractivity (Wildman–Crippen MR) is 132 cm³/mol. The highest BCUT2D eigenvalue weighted by atomic mass is 32.2. The van der Waals surface area contributed by atoms with Crippen molar-refractivity contribution in [2.45, 2.75) is 17.2 Å². The van der Waals surface area contributed by atoms with Crippen molar-refractivity contribution < 1.29 is 18.0 Å². The van der Waals surface area contributed by atoms with Crippen LogP contribution < -0.4 is 5.32 Å². The molecule has 1 saturated heterocycles. The summed E-state index contributed by atoms with van der Waals surface area (Å²) in [5, 5.41) is 11.7.